The maximum absolute atomic E-state index is 3.50. The Balaban J connectivity index is 2.99. The van der Waals surface area contributed by atoms with Gasteiger partial charge in [-0.15, -0.1) is 0 Å². The molecule has 2 N–H and O–H groups in total. The van der Waals surface area contributed by atoms with E-state index in [1.54, 1.807) is 0 Å². The summed E-state index contributed by atoms with van der Waals surface area (Å²) in [7, 11) is 0. The molecule has 0 saturated heterocycles. The van der Waals surface area contributed by atoms with Crippen LogP contribution in [0.5, 0.6) is 0 Å². The lowest BCUT2D eigenvalue weighted by molar-refractivity contribution is 0.478. The van der Waals surface area contributed by atoms with Crippen molar-refractivity contribution in [1.29, 1.82) is 0 Å². The van der Waals surface area contributed by atoms with Crippen LogP contribution in [-0.2, 0) is 0 Å². The molecule has 1 unspecified atom stereocenters. The fourth-order valence-electron chi connectivity index (χ4n) is 1.41. The Morgan fingerprint density at radius 2 is 1.60 bits per heavy atom. The zero-order chi connectivity index (χ0) is 11.5. The topological polar surface area (TPSA) is 24.1 Å². The second-order valence-electron chi connectivity index (χ2n) is 5.00. The van der Waals surface area contributed by atoms with Gasteiger partial charge in [0.05, 0.1) is 0 Å². The van der Waals surface area contributed by atoms with Gasteiger partial charge in [0.25, 0.3) is 0 Å². The van der Waals surface area contributed by atoms with Crippen LogP contribution >= 0.6 is 0 Å². The largest absolute Gasteiger partial charge is 0.317 e. The van der Waals surface area contributed by atoms with Crippen LogP contribution in [0.15, 0.2) is 0 Å². The summed E-state index contributed by atoms with van der Waals surface area (Å²) in [4.78, 5) is 0. The van der Waals surface area contributed by atoms with Crippen molar-refractivity contribution in [1.82, 2.24) is 10.6 Å². The van der Waals surface area contributed by atoms with Crippen molar-refractivity contribution in [2.45, 2.75) is 47.0 Å². The molecule has 0 amide bonds. The van der Waals surface area contributed by atoms with Crippen molar-refractivity contribution >= 4 is 0 Å². The molecule has 0 aromatic rings. The van der Waals surface area contributed by atoms with E-state index in [9.17, 15) is 0 Å². The second kappa shape index (κ2) is 10.4. The van der Waals surface area contributed by atoms with Gasteiger partial charge in [-0.3, -0.25) is 0 Å². The Labute approximate surface area is 96.2 Å². The van der Waals surface area contributed by atoms with Crippen molar-refractivity contribution < 1.29 is 0 Å². The molecular weight excluding hydrogens is 184 g/mol. The number of hydrogen-bond donors (Lipinski definition) is 2. The minimum Gasteiger partial charge on any atom is -0.317 e. The number of nitrogens with one attached hydrogen (secondary N) is 2. The Kier molecular flexibility index (Phi) is 10.4. The lowest BCUT2D eigenvalue weighted by Gasteiger charge is -2.10. The molecule has 15 heavy (non-hydrogen) atoms. The SMILES string of the molecule is CCC(C)CCNCCCNCC(C)C. The normalized spacial score (nSPS) is 13.4. The number of rotatable bonds is 10. The molecule has 0 spiro atoms. The highest BCUT2D eigenvalue weighted by atomic mass is 14.9. The van der Waals surface area contributed by atoms with E-state index in [1.807, 2.05) is 0 Å². The van der Waals surface area contributed by atoms with E-state index in [0.29, 0.717) is 0 Å². The van der Waals surface area contributed by atoms with Crippen LogP contribution < -0.4 is 10.6 Å². The van der Waals surface area contributed by atoms with Crippen molar-refractivity contribution in [3.8, 4) is 0 Å². The molecule has 0 aliphatic rings. The van der Waals surface area contributed by atoms with Crippen molar-refractivity contribution in [3.63, 3.8) is 0 Å². The quantitative estimate of drug-likeness (QED) is 0.546. The average molecular weight is 214 g/mol. The van der Waals surface area contributed by atoms with Crippen molar-refractivity contribution in [2.75, 3.05) is 26.2 Å². The Bertz CT molecular complexity index is 124. The molecule has 0 aromatic heterocycles. The first-order valence-electron chi connectivity index (χ1n) is 6.58. The first kappa shape index (κ1) is 14.9. The van der Waals surface area contributed by atoms with Gasteiger partial charge in [0.1, 0.15) is 0 Å². The van der Waals surface area contributed by atoms with Crippen LogP contribution in [0.4, 0.5) is 0 Å². The highest BCUT2D eigenvalue weighted by Gasteiger charge is 1.97. The third-order valence-corrected chi connectivity index (χ3v) is 2.77. The van der Waals surface area contributed by atoms with Gasteiger partial charge in [-0.05, 0) is 50.9 Å². The van der Waals surface area contributed by atoms with Crippen molar-refractivity contribution in [3.05, 3.63) is 0 Å². The Hall–Kier alpha value is -0.0800. The van der Waals surface area contributed by atoms with Gasteiger partial charge in [-0.1, -0.05) is 34.1 Å². The summed E-state index contributed by atoms with van der Waals surface area (Å²) in [5.74, 6) is 1.64. The van der Waals surface area contributed by atoms with Gasteiger partial charge >= 0.3 is 0 Å². The second-order valence-corrected chi connectivity index (χ2v) is 5.00. The van der Waals surface area contributed by atoms with E-state index in [1.165, 1.54) is 25.8 Å². The molecule has 0 radical (unpaired) electrons. The summed E-state index contributed by atoms with van der Waals surface area (Å²) in [6, 6.07) is 0. The molecule has 0 rings (SSSR count). The summed E-state index contributed by atoms with van der Waals surface area (Å²) in [5, 5.41) is 6.95. The van der Waals surface area contributed by atoms with E-state index in [4.69, 9.17) is 0 Å². The van der Waals surface area contributed by atoms with Gasteiger partial charge in [-0.25, -0.2) is 0 Å². The highest BCUT2D eigenvalue weighted by molar-refractivity contribution is 4.56. The molecule has 92 valence electrons. The molecule has 0 aliphatic heterocycles. The molecule has 2 heteroatoms. The summed E-state index contributed by atoms with van der Waals surface area (Å²) in [6.07, 6.45) is 3.86. The lowest BCUT2D eigenvalue weighted by Crippen LogP contribution is -2.25. The zero-order valence-electron chi connectivity index (χ0n) is 11.1. The van der Waals surface area contributed by atoms with Crippen LogP contribution in [0.3, 0.4) is 0 Å². The lowest BCUT2D eigenvalue weighted by atomic mass is 10.1. The van der Waals surface area contributed by atoms with Crippen LogP contribution in [-0.4, -0.2) is 26.2 Å². The molecule has 2 nitrogen and oxygen atoms in total. The standard InChI is InChI=1S/C13H30N2/c1-5-13(4)7-10-14-8-6-9-15-11-12(2)3/h12-15H,5-11H2,1-4H3. The predicted molar refractivity (Wildman–Crippen MR) is 69.3 cm³/mol. The van der Waals surface area contributed by atoms with Gasteiger partial charge in [0.15, 0.2) is 0 Å². The van der Waals surface area contributed by atoms with Crippen LogP contribution in [0.1, 0.15) is 47.0 Å². The Morgan fingerprint density at radius 3 is 2.20 bits per heavy atom. The summed E-state index contributed by atoms with van der Waals surface area (Å²) in [5.41, 5.74) is 0. The summed E-state index contributed by atoms with van der Waals surface area (Å²) >= 11 is 0. The minimum absolute atomic E-state index is 0.767. The number of hydrogen-bond acceptors (Lipinski definition) is 2. The van der Waals surface area contributed by atoms with Gasteiger partial charge in [0, 0.05) is 0 Å². The molecule has 0 saturated carbocycles. The monoisotopic (exact) mass is 214 g/mol. The van der Waals surface area contributed by atoms with E-state index >= 15 is 0 Å². The molecule has 0 aromatic carbocycles. The maximum atomic E-state index is 3.50. The molecular formula is C13H30N2. The highest BCUT2D eigenvalue weighted by Crippen LogP contribution is 2.03. The van der Waals surface area contributed by atoms with Crippen LogP contribution in [0.2, 0.25) is 0 Å². The van der Waals surface area contributed by atoms with Crippen LogP contribution in [0.25, 0.3) is 0 Å². The van der Waals surface area contributed by atoms with Gasteiger partial charge < -0.3 is 10.6 Å². The van der Waals surface area contributed by atoms with Crippen molar-refractivity contribution in [2.24, 2.45) is 11.8 Å². The van der Waals surface area contributed by atoms with Gasteiger partial charge in [-0.2, -0.15) is 0 Å². The van der Waals surface area contributed by atoms with Crippen LogP contribution in [0, 0.1) is 11.8 Å². The predicted octanol–water partition coefficient (Wildman–Crippen LogP) is 2.65. The summed E-state index contributed by atoms with van der Waals surface area (Å²) < 4.78 is 0. The van der Waals surface area contributed by atoms with E-state index in [0.717, 1.165) is 31.5 Å². The molecule has 1 atom stereocenters. The third-order valence-electron chi connectivity index (χ3n) is 2.77. The molecule has 0 fully saturated rings. The zero-order valence-corrected chi connectivity index (χ0v) is 11.1. The molecule has 0 aliphatic carbocycles. The van der Waals surface area contributed by atoms with E-state index in [-0.39, 0.29) is 0 Å². The third kappa shape index (κ3) is 11.8. The van der Waals surface area contributed by atoms with Gasteiger partial charge in [0.2, 0.25) is 0 Å². The fraction of sp³-hybridized carbons (Fsp3) is 1.00. The Morgan fingerprint density at radius 1 is 0.933 bits per heavy atom. The summed E-state index contributed by atoms with van der Waals surface area (Å²) in [6.45, 7) is 13.7. The van der Waals surface area contributed by atoms with E-state index in [2.05, 4.69) is 38.3 Å². The smallest absolute Gasteiger partial charge is 0.00258 e. The molecule has 0 bridgehead atoms. The fourth-order valence-corrected chi connectivity index (χ4v) is 1.41. The minimum atomic E-state index is 0.767. The molecule has 0 heterocycles. The average Bonchev–Trinajstić information content (AvgIpc) is 2.21. The van der Waals surface area contributed by atoms with E-state index < -0.39 is 0 Å². The first-order valence-corrected chi connectivity index (χ1v) is 6.58. The maximum Gasteiger partial charge on any atom is -0.00258 e. The first-order chi connectivity index (χ1) is 7.16.